The van der Waals surface area contributed by atoms with Gasteiger partial charge < -0.3 is 0 Å². The van der Waals surface area contributed by atoms with Gasteiger partial charge in [0.1, 0.15) is 4.88 Å². The molecule has 0 amide bonds. The molecule has 2 rings (SSSR count). The van der Waals surface area contributed by atoms with Crippen molar-refractivity contribution in [2.45, 2.75) is 46.6 Å². The van der Waals surface area contributed by atoms with Crippen LogP contribution in [0, 0.1) is 6.92 Å². The number of nitrogens with zero attached hydrogens (tertiary/aromatic N) is 4. The van der Waals surface area contributed by atoms with Gasteiger partial charge in [-0.05, 0) is 31.3 Å². The van der Waals surface area contributed by atoms with Crippen molar-refractivity contribution >= 4 is 28.9 Å². The summed E-state index contributed by atoms with van der Waals surface area (Å²) < 4.78 is 5.67. The van der Waals surface area contributed by atoms with E-state index in [0.29, 0.717) is 16.4 Å². The molecular formula is C13H17ClN4OS. The van der Waals surface area contributed by atoms with Crippen molar-refractivity contribution in [2.75, 3.05) is 0 Å². The smallest absolute Gasteiger partial charge is 0.182 e. The van der Waals surface area contributed by atoms with Gasteiger partial charge in [0.2, 0.25) is 0 Å². The lowest BCUT2D eigenvalue weighted by Crippen LogP contribution is -2.11. The van der Waals surface area contributed by atoms with Gasteiger partial charge in [-0.1, -0.05) is 29.9 Å². The fourth-order valence-corrected chi connectivity index (χ4v) is 3.00. The zero-order chi connectivity index (χ0) is 14.9. The normalized spacial score (nSPS) is 11.3. The second-order valence-corrected chi connectivity index (χ2v) is 6.04. The first-order valence-electron chi connectivity index (χ1n) is 6.52. The zero-order valence-corrected chi connectivity index (χ0v) is 13.5. The van der Waals surface area contributed by atoms with Gasteiger partial charge in [-0.2, -0.15) is 5.10 Å². The second kappa shape index (κ2) is 6.01. The second-order valence-electron chi connectivity index (χ2n) is 4.90. The molecule has 0 fully saturated rings. The molecule has 0 saturated heterocycles. The van der Waals surface area contributed by atoms with Crippen molar-refractivity contribution in [3.63, 3.8) is 0 Å². The Morgan fingerprint density at radius 2 is 2.15 bits per heavy atom. The highest BCUT2D eigenvalue weighted by molar-refractivity contribution is 7.08. The first kappa shape index (κ1) is 15.1. The number of carbonyl (C=O) groups is 1. The summed E-state index contributed by atoms with van der Waals surface area (Å²) >= 11 is 7.39. The van der Waals surface area contributed by atoms with Crippen LogP contribution in [0.2, 0.25) is 5.02 Å². The van der Waals surface area contributed by atoms with E-state index in [9.17, 15) is 4.79 Å². The SMILES string of the molecule is CCn1nc(C)c(Cl)c1CC(=O)c1snnc1C(C)C. The Balaban J connectivity index is 2.30. The number of rotatable bonds is 5. The molecule has 0 radical (unpaired) electrons. The number of halogens is 1. The molecule has 0 saturated carbocycles. The Labute approximate surface area is 127 Å². The van der Waals surface area contributed by atoms with E-state index >= 15 is 0 Å². The Kier molecular flexibility index (Phi) is 4.55. The van der Waals surface area contributed by atoms with Crippen LogP contribution in [0.15, 0.2) is 0 Å². The molecule has 0 atom stereocenters. The summed E-state index contributed by atoms with van der Waals surface area (Å²) in [6, 6.07) is 0. The van der Waals surface area contributed by atoms with Gasteiger partial charge in [0, 0.05) is 6.54 Å². The van der Waals surface area contributed by atoms with E-state index in [4.69, 9.17) is 11.6 Å². The van der Waals surface area contributed by atoms with Crippen LogP contribution < -0.4 is 0 Å². The minimum absolute atomic E-state index is 0.000185. The molecule has 7 heteroatoms. The summed E-state index contributed by atoms with van der Waals surface area (Å²) in [5.41, 5.74) is 2.28. The largest absolute Gasteiger partial charge is 0.293 e. The number of hydrogen-bond donors (Lipinski definition) is 0. The number of ketones is 1. The maximum absolute atomic E-state index is 12.5. The molecule has 20 heavy (non-hydrogen) atoms. The van der Waals surface area contributed by atoms with Crippen LogP contribution in [0.1, 0.15) is 53.4 Å². The summed E-state index contributed by atoms with van der Waals surface area (Å²) in [4.78, 5) is 13.1. The Morgan fingerprint density at radius 1 is 1.45 bits per heavy atom. The van der Waals surface area contributed by atoms with Gasteiger partial charge in [0.25, 0.3) is 0 Å². The Morgan fingerprint density at radius 3 is 2.75 bits per heavy atom. The number of hydrogen-bond acceptors (Lipinski definition) is 5. The van der Waals surface area contributed by atoms with E-state index in [-0.39, 0.29) is 18.1 Å². The molecule has 0 aliphatic rings. The first-order valence-corrected chi connectivity index (χ1v) is 7.68. The van der Waals surface area contributed by atoms with Gasteiger partial charge in [-0.25, -0.2) is 0 Å². The molecule has 2 heterocycles. The van der Waals surface area contributed by atoms with Crippen molar-refractivity contribution in [1.82, 2.24) is 19.4 Å². The average molecular weight is 313 g/mol. The zero-order valence-electron chi connectivity index (χ0n) is 12.0. The van der Waals surface area contributed by atoms with Crippen molar-refractivity contribution < 1.29 is 4.79 Å². The highest BCUT2D eigenvalue weighted by Crippen LogP contribution is 2.25. The quantitative estimate of drug-likeness (QED) is 0.795. The lowest BCUT2D eigenvalue weighted by molar-refractivity contribution is 0.0993. The van der Waals surface area contributed by atoms with E-state index < -0.39 is 0 Å². The average Bonchev–Trinajstić information content (AvgIpc) is 2.99. The molecule has 0 N–H and O–H groups in total. The maximum Gasteiger partial charge on any atom is 0.182 e. The van der Waals surface area contributed by atoms with Gasteiger partial charge in [0.05, 0.1) is 28.5 Å². The van der Waals surface area contributed by atoms with E-state index in [1.54, 1.807) is 4.68 Å². The van der Waals surface area contributed by atoms with E-state index in [1.165, 1.54) is 0 Å². The topological polar surface area (TPSA) is 60.7 Å². The molecule has 108 valence electrons. The monoisotopic (exact) mass is 312 g/mol. The molecular weight excluding hydrogens is 296 g/mol. The van der Waals surface area contributed by atoms with Crippen LogP contribution in [-0.4, -0.2) is 25.2 Å². The first-order chi connectivity index (χ1) is 9.45. The minimum Gasteiger partial charge on any atom is -0.293 e. The van der Waals surface area contributed by atoms with Crippen LogP contribution >= 0.6 is 23.1 Å². The Bertz CT molecular complexity index is 632. The standard InChI is InChI=1S/C13H17ClN4OS/c1-5-18-9(11(14)8(4)16-18)6-10(19)13-12(7(2)3)15-17-20-13/h7H,5-6H2,1-4H3. The molecule has 0 bridgehead atoms. The highest BCUT2D eigenvalue weighted by Gasteiger charge is 2.22. The van der Waals surface area contributed by atoms with Crippen LogP contribution in [0.5, 0.6) is 0 Å². The van der Waals surface area contributed by atoms with Crippen LogP contribution in [0.25, 0.3) is 0 Å². The maximum atomic E-state index is 12.5. The summed E-state index contributed by atoms with van der Waals surface area (Å²) in [5, 5.41) is 8.94. The van der Waals surface area contributed by atoms with E-state index in [1.807, 2.05) is 27.7 Å². The van der Waals surface area contributed by atoms with E-state index in [0.717, 1.165) is 28.6 Å². The number of aromatic nitrogens is 4. The predicted molar refractivity (Wildman–Crippen MR) is 79.7 cm³/mol. The van der Waals surface area contributed by atoms with Crippen molar-refractivity contribution in [1.29, 1.82) is 0 Å². The van der Waals surface area contributed by atoms with Crippen LogP contribution in [0.3, 0.4) is 0 Å². The van der Waals surface area contributed by atoms with Crippen molar-refractivity contribution in [3.8, 4) is 0 Å². The fraction of sp³-hybridized carbons (Fsp3) is 0.538. The fourth-order valence-electron chi connectivity index (χ4n) is 2.04. The third-order valence-electron chi connectivity index (χ3n) is 3.09. The molecule has 2 aromatic heterocycles. The molecule has 0 aliphatic carbocycles. The van der Waals surface area contributed by atoms with Crippen LogP contribution in [-0.2, 0) is 13.0 Å². The molecule has 5 nitrogen and oxygen atoms in total. The summed E-state index contributed by atoms with van der Waals surface area (Å²) in [5.74, 6) is 0.182. The lowest BCUT2D eigenvalue weighted by atomic mass is 10.1. The van der Waals surface area contributed by atoms with E-state index in [2.05, 4.69) is 14.7 Å². The molecule has 0 unspecified atom stereocenters. The number of carbonyl (C=O) groups excluding carboxylic acids is 1. The third kappa shape index (κ3) is 2.76. The van der Waals surface area contributed by atoms with Crippen LogP contribution in [0.4, 0.5) is 0 Å². The highest BCUT2D eigenvalue weighted by atomic mass is 35.5. The third-order valence-corrected chi connectivity index (χ3v) is 4.37. The van der Waals surface area contributed by atoms with Gasteiger partial charge >= 0.3 is 0 Å². The molecule has 2 aromatic rings. The Hall–Kier alpha value is -1.27. The predicted octanol–water partition coefficient (Wildman–Crippen LogP) is 3.27. The summed E-state index contributed by atoms with van der Waals surface area (Å²) in [6.07, 6.45) is 0.233. The number of Topliss-reactive ketones (excluding diaryl/α,β-unsaturated/α-hetero) is 1. The molecule has 0 aliphatic heterocycles. The van der Waals surface area contributed by atoms with Crippen molar-refractivity contribution in [2.24, 2.45) is 0 Å². The summed E-state index contributed by atoms with van der Waals surface area (Å²) in [7, 11) is 0. The van der Waals surface area contributed by atoms with Gasteiger partial charge in [-0.3, -0.25) is 9.48 Å². The molecule has 0 spiro atoms. The molecule has 0 aromatic carbocycles. The summed E-state index contributed by atoms with van der Waals surface area (Å²) in [6.45, 7) is 8.51. The minimum atomic E-state index is 0.000185. The van der Waals surface area contributed by atoms with Gasteiger partial charge in [0.15, 0.2) is 5.78 Å². The van der Waals surface area contributed by atoms with Crippen molar-refractivity contribution in [3.05, 3.63) is 27.0 Å². The number of aryl methyl sites for hydroxylation is 2. The lowest BCUT2D eigenvalue weighted by Gasteiger charge is -2.06. The van der Waals surface area contributed by atoms with Gasteiger partial charge in [-0.15, -0.1) is 5.10 Å².